The van der Waals surface area contributed by atoms with Crippen molar-refractivity contribution in [2.75, 3.05) is 32.7 Å². The first-order valence-corrected chi connectivity index (χ1v) is 14.7. The second-order valence-electron chi connectivity index (χ2n) is 11.8. The van der Waals surface area contributed by atoms with Crippen LogP contribution < -0.4 is 11.2 Å². The van der Waals surface area contributed by atoms with Crippen LogP contribution in [0.2, 0.25) is 0 Å². The van der Waals surface area contributed by atoms with Gasteiger partial charge in [0.25, 0.3) is 5.56 Å². The Hall–Kier alpha value is -3.72. The van der Waals surface area contributed by atoms with E-state index in [0.717, 1.165) is 55.7 Å². The molecule has 1 aliphatic rings. The molecule has 0 saturated carbocycles. The summed E-state index contributed by atoms with van der Waals surface area (Å²) in [5.74, 6) is -1.22. The monoisotopic (exact) mass is 604 g/mol. The number of fused-ring (bicyclic) bond motifs is 1. The van der Waals surface area contributed by atoms with Gasteiger partial charge in [-0.1, -0.05) is 72.3 Å². The number of unbranched alkanes of at least 4 members (excludes halogenated alkanes) is 1. The van der Waals surface area contributed by atoms with E-state index in [4.69, 9.17) is 0 Å². The summed E-state index contributed by atoms with van der Waals surface area (Å²) < 4.78 is 2.47. The normalized spacial score (nSPS) is 14.6. The van der Waals surface area contributed by atoms with Gasteiger partial charge in [0, 0.05) is 32.7 Å². The molecule has 1 aromatic heterocycles. The van der Waals surface area contributed by atoms with Crippen LogP contribution in [0.3, 0.4) is 0 Å². The smallest absolute Gasteiger partial charge is 0.332 e. The number of benzene rings is 3. The van der Waals surface area contributed by atoms with Crippen LogP contribution in [0.5, 0.6) is 0 Å². The van der Waals surface area contributed by atoms with Crippen molar-refractivity contribution in [2.45, 2.75) is 51.7 Å². The van der Waals surface area contributed by atoms with Crippen LogP contribution in [-0.2, 0) is 16.9 Å². The Balaban J connectivity index is 0.00000423. The largest absolute Gasteiger partial charge is 0.480 e. The summed E-state index contributed by atoms with van der Waals surface area (Å²) in [6.07, 6.45) is 1.63. The van der Waals surface area contributed by atoms with Crippen LogP contribution in [0.4, 0.5) is 0 Å². The van der Waals surface area contributed by atoms with Crippen molar-refractivity contribution in [3.05, 3.63) is 116 Å². The summed E-state index contributed by atoms with van der Waals surface area (Å²) in [4.78, 5) is 43.8. The van der Waals surface area contributed by atoms with Crippen molar-refractivity contribution in [3.63, 3.8) is 0 Å². The number of rotatable bonds is 10. The quantitative estimate of drug-likeness (QED) is 0.259. The molecule has 0 spiro atoms. The van der Waals surface area contributed by atoms with E-state index in [1.807, 2.05) is 13.0 Å². The van der Waals surface area contributed by atoms with E-state index in [1.54, 1.807) is 16.7 Å². The van der Waals surface area contributed by atoms with E-state index in [2.05, 4.69) is 70.5 Å². The zero-order valence-electron chi connectivity index (χ0n) is 25.1. The first kappa shape index (κ1) is 32.2. The highest BCUT2D eigenvalue weighted by Gasteiger charge is 2.34. The number of carboxylic acid groups (broad SMARTS) is 1. The Morgan fingerprint density at radius 3 is 1.95 bits per heavy atom. The number of hydrogen-bond donors (Lipinski definition) is 1. The van der Waals surface area contributed by atoms with Gasteiger partial charge in [-0.2, -0.15) is 0 Å². The number of carbonyl (C=O) groups is 1. The average molecular weight is 605 g/mol. The Kier molecular flexibility index (Phi) is 10.3. The highest BCUT2D eigenvalue weighted by molar-refractivity contribution is 5.85. The Morgan fingerprint density at radius 1 is 0.837 bits per heavy atom. The summed E-state index contributed by atoms with van der Waals surface area (Å²) in [7, 11) is 0. The molecule has 1 saturated heterocycles. The fourth-order valence-electron chi connectivity index (χ4n) is 6.03. The number of halogens is 1. The van der Waals surface area contributed by atoms with Crippen molar-refractivity contribution in [1.82, 2.24) is 18.9 Å². The zero-order chi connectivity index (χ0) is 29.9. The molecular formula is C34H41ClN4O4. The predicted molar refractivity (Wildman–Crippen MR) is 173 cm³/mol. The first-order valence-electron chi connectivity index (χ1n) is 14.7. The maximum Gasteiger partial charge on any atom is 0.332 e. The summed E-state index contributed by atoms with van der Waals surface area (Å²) in [6, 6.07) is 27.0. The number of hydrogen-bond acceptors (Lipinski definition) is 5. The number of aryl methyl sites for hydroxylation is 2. The lowest BCUT2D eigenvalue weighted by molar-refractivity contribution is -0.146. The summed E-state index contributed by atoms with van der Waals surface area (Å²) in [5.41, 5.74) is 1.23. The van der Waals surface area contributed by atoms with Crippen LogP contribution in [-0.4, -0.2) is 62.7 Å². The molecule has 0 aliphatic carbocycles. The highest BCUT2D eigenvalue weighted by atomic mass is 35.5. The second-order valence-corrected chi connectivity index (χ2v) is 11.8. The molecule has 1 fully saturated rings. The summed E-state index contributed by atoms with van der Waals surface area (Å²) in [6.45, 7) is 9.86. The van der Waals surface area contributed by atoms with Crippen molar-refractivity contribution in [1.29, 1.82) is 0 Å². The minimum absolute atomic E-state index is 0. The van der Waals surface area contributed by atoms with E-state index >= 15 is 0 Å². The molecule has 5 rings (SSSR count). The molecule has 0 radical (unpaired) electrons. The molecule has 228 valence electrons. The standard InChI is InChI=1S/C34H40N4O4.ClH/c1-25-16-17-29-28(24-25)31(39)38(34(2,3)32(40)41)33(42)37(29)19-11-10-18-35-20-22-36(23-21-35)30(26-12-6-4-7-13-26)27-14-8-5-9-15-27;/h4-9,12-17,24,30H,10-11,18-23H2,1-3H3,(H,40,41);1H. The second kappa shape index (κ2) is 13.7. The lowest BCUT2D eigenvalue weighted by Crippen LogP contribution is -2.52. The van der Waals surface area contributed by atoms with E-state index in [0.29, 0.717) is 17.4 Å². The van der Waals surface area contributed by atoms with E-state index in [9.17, 15) is 19.5 Å². The lowest BCUT2D eigenvalue weighted by atomic mass is 9.96. The topological polar surface area (TPSA) is 87.8 Å². The molecule has 9 heteroatoms. The van der Waals surface area contributed by atoms with E-state index in [-0.39, 0.29) is 18.4 Å². The molecular weight excluding hydrogens is 564 g/mol. The Labute approximate surface area is 258 Å². The van der Waals surface area contributed by atoms with E-state index in [1.165, 1.54) is 25.0 Å². The number of carboxylic acids is 1. The van der Waals surface area contributed by atoms with Crippen LogP contribution in [0.1, 0.15) is 49.4 Å². The molecule has 3 aromatic carbocycles. The highest BCUT2D eigenvalue weighted by Crippen LogP contribution is 2.29. The zero-order valence-corrected chi connectivity index (χ0v) is 25.9. The third-order valence-corrected chi connectivity index (χ3v) is 8.49. The molecule has 1 aliphatic heterocycles. The molecule has 0 bridgehead atoms. The number of aliphatic carboxylic acids is 1. The molecule has 43 heavy (non-hydrogen) atoms. The first-order chi connectivity index (χ1) is 20.2. The van der Waals surface area contributed by atoms with Gasteiger partial charge in [-0.3, -0.25) is 14.3 Å². The molecule has 8 nitrogen and oxygen atoms in total. The van der Waals surface area contributed by atoms with Gasteiger partial charge in [-0.05, 0) is 63.4 Å². The van der Waals surface area contributed by atoms with Gasteiger partial charge in [0.1, 0.15) is 5.54 Å². The van der Waals surface area contributed by atoms with Gasteiger partial charge < -0.3 is 10.0 Å². The summed E-state index contributed by atoms with van der Waals surface area (Å²) >= 11 is 0. The van der Waals surface area contributed by atoms with Gasteiger partial charge >= 0.3 is 11.7 Å². The number of piperazine rings is 1. The Bertz CT molecular complexity index is 1620. The van der Waals surface area contributed by atoms with Gasteiger partial charge in [-0.15, -0.1) is 12.4 Å². The minimum Gasteiger partial charge on any atom is -0.480 e. The number of aromatic nitrogens is 2. The van der Waals surface area contributed by atoms with Crippen LogP contribution in [0.25, 0.3) is 10.9 Å². The minimum atomic E-state index is -1.66. The molecule has 0 unspecified atom stereocenters. The number of nitrogens with zero attached hydrogens (tertiary/aromatic N) is 4. The van der Waals surface area contributed by atoms with Gasteiger partial charge in [0.05, 0.1) is 16.9 Å². The fraction of sp³-hybridized carbons (Fsp3) is 0.382. The van der Waals surface area contributed by atoms with Crippen molar-refractivity contribution >= 4 is 29.3 Å². The third-order valence-electron chi connectivity index (χ3n) is 8.49. The fourth-order valence-corrected chi connectivity index (χ4v) is 6.03. The van der Waals surface area contributed by atoms with Gasteiger partial charge in [-0.25, -0.2) is 14.2 Å². The lowest BCUT2D eigenvalue weighted by Gasteiger charge is -2.40. The maximum absolute atomic E-state index is 13.5. The molecule has 2 heterocycles. The van der Waals surface area contributed by atoms with Gasteiger partial charge in [0.2, 0.25) is 0 Å². The summed E-state index contributed by atoms with van der Waals surface area (Å²) in [5, 5.41) is 10.2. The molecule has 0 amide bonds. The third kappa shape index (κ3) is 6.77. The van der Waals surface area contributed by atoms with E-state index < -0.39 is 22.8 Å². The molecule has 0 atom stereocenters. The van der Waals surface area contributed by atoms with Gasteiger partial charge in [0.15, 0.2) is 0 Å². The SMILES string of the molecule is Cc1ccc2c(c1)c(=O)n(C(C)(C)C(=O)O)c(=O)n2CCCCN1CCN(C(c2ccccc2)c2ccccc2)CC1.Cl. The van der Waals surface area contributed by atoms with Crippen molar-refractivity contribution in [3.8, 4) is 0 Å². The van der Waals surface area contributed by atoms with Crippen LogP contribution in [0, 0.1) is 6.92 Å². The average Bonchev–Trinajstić information content (AvgIpc) is 2.99. The van der Waals surface area contributed by atoms with Crippen molar-refractivity contribution < 1.29 is 9.90 Å². The van der Waals surface area contributed by atoms with Crippen LogP contribution >= 0.6 is 12.4 Å². The molecule has 4 aromatic rings. The predicted octanol–water partition coefficient (Wildman–Crippen LogP) is 4.90. The molecule has 1 N–H and O–H groups in total. The van der Waals surface area contributed by atoms with Crippen molar-refractivity contribution in [2.24, 2.45) is 0 Å². The Morgan fingerprint density at radius 2 is 1.40 bits per heavy atom. The van der Waals surface area contributed by atoms with Crippen LogP contribution in [0.15, 0.2) is 88.5 Å². The maximum atomic E-state index is 13.5.